The van der Waals surface area contributed by atoms with E-state index in [0.29, 0.717) is 0 Å². The van der Waals surface area contributed by atoms with E-state index in [1.807, 2.05) is 0 Å². The van der Waals surface area contributed by atoms with Crippen LogP contribution in [0, 0.1) is 0 Å². The number of rotatable bonds is 4. The van der Waals surface area contributed by atoms with Crippen LogP contribution in [0.1, 0.15) is 0 Å². The fraction of sp³-hybridized carbons (Fsp3) is 0. The monoisotopic (exact) mass is 269 g/mol. The molecule has 3 radical (unpaired) electrons. The van der Waals surface area contributed by atoms with Crippen molar-refractivity contribution >= 4 is 31.9 Å². The van der Waals surface area contributed by atoms with Gasteiger partial charge in [0.1, 0.15) is 0 Å². The van der Waals surface area contributed by atoms with Crippen LogP contribution in [0.15, 0.2) is 0 Å². The standard InChI is InChI=1S/B.H5O10P3/c;1-11(2,3)9-13(7,8)10-12(4,5)6/h;(H,7,8)(H2,1,2,3)(H2,4,5,6). The van der Waals surface area contributed by atoms with Crippen molar-refractivity contribution in [1.29, 1.82) is 0 Å². The number of hydrogen-bond donors (Lipinski definition) is 5. The lowest BCUT2D eigenvalue weighted by molar-refractivity contribution is 0.204. The molecule has 83 valence electrons. The average Bonchev–Trinajstić information content (AvgIpc) is 1.43. The maximum atomic E-state index is 10.4. The van der Waals surface area contributed by atoms with E-state index in [0.717, 1.165) is 0 Å². The van der Waals surface area contributed by atoms with Gasteiger partial charge in [0.05, 0.1) is 0 Å². The predicted molar refractivity (Wildman–Crippen MR) is 41.8 cm³/mol. The molecule has 0 saturated carbocycles. The molecule has 14 heavy (non-hydrogen) atoms. The van der Waals surface area contributed by atoms with Gasteiger partial charge in [-0.15, -0.1) is 0 Å². The summed E-state index contributed by atoms with van der Waals surface area (Å²) in [5, 5.41) is 0. The summed E-state index contributed by atoms with van der Waals surface area (Å²) in [6.07, 6.45) is 0. The van der Waals surface area contributed by atoms with Crippen molar-refractivity contribution in [3.05, 3.63) is 0 Å². The van der Waals surface area contributed by atoms with Gasteiger partial charge in [-0.1, -0.05) is 0 Å². The molecule has 14 heteroatoms. The van der Waals surface area contributed by atoms with E-state index in [1.54, 1.807) is 0 Å². The zero-order valence-corrected chi connectivity index (χ0v) is 8.88. The Balaban J connectivity index is 0. The van der Waals surface area contributed by atoms with E-state index in [1.165, 1.54) is 0 Å². The zero-order valence-electron chi connectivity index (χ0n) is 6.20. The molecule has 10 nitrogen and oxygen atoms in total. The Morgan fingerprint density at radius 1 is 0.714 bits per heavy atom. The third-order valence-electron chi connectivity index (χ3n) is 0.419. The van der Waals surface area contributed by atoms with Crippen molar-refractivity contribution in [2.45, 2.75) is 0 Å². The lowest BCUT2D eigenvalue weighted by atomic mass is 10.8. The van der Waals surface area contributed by atoms with E-state index in [-0.39, 0.29) is 8.41 Å². The molecule has 0 spiro atoms. The lowest BCUT2D eigenvalue weighted by Gasteiger charge is -2.11. The summed E-state index contributed by atoms with van der Waals surface area (Å²) in [6, 6.07) is 0. The van der Waals surface area contributed by atoms with Gasteiger partial charge >= 0.3 is 23.5 Å². The third-order valence-corrected chi connectivity index (χ3v) is 3.77. The predicted octanol–water partition coefficient (Wildman–Crippen LogP) is -1.08. The molecule has 0 atom stereocenters. The van der Waals surface area contributed by atoms with E-state index in [9.17, 15) is 13.7 Å². The van der Waals surface area contributed by atoms with E-state index in [2.05, 4.69) is 8.62 Å². The molecule has 0 bridgehead atoms. The molecule has 0 amide bonds. The molecule has 0 aliphatic heterocycles. The largest absolute Gasteiger partial charge is 0.490 e. The van der Waals surface area contributed by atoms with Crippen LogP contribution >= 0.6 is 23.5 Å². The van der Waals surface area contributed by atoms with Gasteiger partial charge in [0.15, 0.2) is 0 Å². The summed E-state index contributed by atoms with van der Waals surface area (Å²) in [5.74, 6) is 0. The number of hydrogen-bond acceptors (Lipinski definition) is 5. The maximum absolute atomic E-state index is 10.4. The van der Waals surface area contributed by atoms with Crippen LogP contribution in [-0.4, -0.2) is 32.9 Å². The Labute approximate surface area is 79.5 Å². The molecule has 5 N–H and O–H groups in total. The second-order valence-electron chi connectivity index (χ2n) is 1.61. The van der Waals surface area contributed by atoms with Crippen molar-refractivity contribution in [3.63, 3.8) is 0 Å². The molecule has 0 unspecified atom stereocenters. The zero-order chi connectivity index (χ0) is 10.9. The van der Waals surface area contributed by atoms with E-state index < -0.39 is 23.5 Å². The molecule has 0 heterocycles. The number of phosphoric acid groups is 3. The van der Waals surface area contributed by atoms with Crippen LogP contribution in [-0.2, 0) is 22.3 Å². The highest BCUT2D eigenvalue weighted by atomic mass is 31.3. The van der Waals surface area contributed by atoms with Gasteiger partial charge in [-0.3, -0.25) is 0 Å². The summed E-state index contributed by atoms with van der Waals surface area (Å²) >= 11 is 0. The first-order valence-corrected chi connectivity index (χ1v) is 6.83. The van der Waals surface area contributed by atoms with Gasteiger partial charge in [0.25, 0.3) is 0 Å². The lowest BCUT2D eigenvalue weighted by Crippen LogP contribution is -1.91. The molecule has 0 aromatic heterocycles. The van der Waals surface area contributed by atoms with Crippen molar-refractivity contribution in [1.82, 2.24) is 0 Å². The summed E-state index contributed by atoms with van der Waals surface area (Å²) in [4.78, 5) is 40.2. The SMILES string of the molecule is O=P(O)(O)OP(=O)(O)OP(=O)(O)O.[B]. The second-order valence-corrected chi connectivity index (χ2v) is 5.82. The summed E-state index contributed by atoms with van der Waals surface area (Å²) < 4.78 is 36.4. The minimum atomic E-state index is -5.46. The second kappa shape index (κ2) is 5.00. The highest BCUT2D eigenvalue weighted by molar-refractivity contribution is 7.66. The van der Waals surface area contributed by atoms with Crippen LogP contribution in [0.25, 0.3) is 0 Å². The molecule has 0 aliphatic carbocycles. The molecule has 0 aromatic carbocycles. The van der Waals surface area contributed by atoms with Gasteiger partial charge < -0.3 is 24.5 Å². The Hall–Kier alpha value is 0.475. The van der Waals surface area contributed by atoms with Gasteiger partial charge in [0.2, 0.25) is 0 Å². The first kappa shape index (κ1) is 16.9. The Morgan fingerprint density at radius 3 is 1.07 bits per heavy atom. The van der Waals surface area contributed by atoms with Gasteiger partial charge in [-0.25, -0.2) is 13.7 Å². The molecule has 0 saturated heterocycles. The molecule has 0 aliphatic rings. The summed E-state index contributed by atoms with van der Waals surface area (Å²) in [6.45, 7) is 0. The smallest absolute Gasteiger partial charge is 0.302 e. The summed E-state index contributed by atoms with van der Waals surface area (Å²) in [7, 11) is -16.2. The van der Waals surface area contributed by atoms with Crippen LogP contribution in [0.3, 0.4) is 0 Å². The first-order chi connectivity index (χ1) is 5.41. The third kappa shape index (κ3) is 10.6. The minimum absolute atomic E-state index is 0. The van der Waals surface area contributed by atoms with E-state index in [4.69, 9.17) is 24.5 Å². The molecule has 0 rings (SSSR count). The Morgan fingerprint density at radius 2 is 0.929 bits per heavy atom. The highest BCUT2D eigenvalue weighted by Crippen LogP contribution is 2.64. The maximum Gasteiger partial charge on any atom is 0.490 e. The Bertz CT molecular complexity index is 277. The molecular weight excluding hydrogens is 264 g/mol. The van der Waals surface area contributed by atoms with Crippen molar-refractivity contribution < 1.29 is 46.8 Å². The highest BCUT2D eigenvalue weighted by Gasteiger charge is 2.38. The van der Waals surface area contributed by atoms with Crippen molar-refractivity contribution in [2.24, 2.45) is 0 Å². The van der Waals surface area contributed by atoms with Crippen LogP contribution in [0.5, 0.6) is 0 Å². The quantitative estimate of drug-likeness (QED) is 0.312. The normalized spacial score (nSPS) is 13.5. The topological polar surface area (TPSA) is 171 Å². The fourth-order valence-corrected chi connectivity index (χ4v) is 2.82. The van der Waals surface area contributed by atoms with E-state index >= 15 is 0 Å². The van der Waals surface area contributed by atoms with Crippen molar-refractivity contribution in [2.75, 3.05) is 0 Å². The van der Waals surface area contributed by atoms with Crippen LogP contribution in [0.2, 0.25) is 0 Å². The molecular formula is H5BO10P3. The van der Waals surface area contributed by atoms with Gasteiger partial charge in [0, 0.05) is 8.41 Å². The Kier molecular flexibility index (Phi) is 6.03. The summed E-state index contributed by atoms with van der Waals surface area (Å²) in [5.41, 5.74) is 0. The minimum Gasteiger partial charge on any atom is -0.302 e. The molecule has 0 fully saturated rings. The molecule has 0 aromatic rings. The van der Waals surface area contributed by atoms with Crippen molar-refractivity contribution in [3.8, 4) is 0 Å². The fourth-order valence-electron chi connectivity index (χ4n) is 0.284. The van der Waals surface area contributed by atoms with Gasteiger partial charge in [-0.05, 0) is 0 Å². The van der Waals surface area contributed by atoms with Crippen LogP contribution < -0.4 is 0 Å². The van der Waals surface area contributed by atoms with Crippen LogP contribution in [0.4, 0.5) is 0 Å². The average molecular weight is 269 g/mol. The first-order valence-electron chi connectivity index (χ1n) is 2.28. The van der Waals surface area contributed by atoms with Gasteiger partial charge in [-0.2, -0.15) is 8.62 Å².